The van der Waals surface area contributed by atoms with Crippen molar-refractivity contribution < 1.29 is 24.5 Å². The molecule has 5 nitrogen and oxygen atoms in total. The van der Waals surface area contributed by atoms with Gasteiger partial charge in [0, 0.05) is 0 Å². The van der Waals surface area contributed by atoms with E-state index in [1.54, 1.807) is 26.0 Å². The van der Waals surface area contributed by atoms with Gasteiger partial charge in [-0.2, -0.15) is 0 Å². The molecule has 112 valence electrons. The van der Waals surface area contributed by atoms with Crippen LogP contribution >= 0.6 is 0 Å². The Morgan fingerprint density at radius 2 is 1.95 bits per heavy atom. The Bertz CT molecular complexity index is 444. The summed E-state index contributed by atoms with van der Waals surface area (Å²) < 4.78 is 10.2. The summed E-state index contributed by atoms with van der Waals surface area (Å²) in [4.78, 5) is 11.8. The van der Waals surface area contributed by atoms with E-state index in [1.807, 2.05) is 6.92 Å². The van der Waals surface area contributed by atoms with E-state index in [9.17, 15) is 15.0 Å². The molecule has 0 saturated carbocycles. The highest BCUT2D eigenvalue weighted by molar-refractivity contribution is 5.73. The van der Waals surface area contributed by atoms with Gasteiger partial charge in [-0.15, -0.1) is 0 Å². The third-order valence-electron chi connectivity index (χ3n) is 3.04. The zero-order valence-corrected chi connectivity index (χ0v) is 12.1. The molecule has 1 aromatic rings. The lowest BCUT2D eigenvalue weighted by atomic mass is 9.93. The van der Waals surface area contributed by atoms with Crippen molar-refractivity contribution in [2.24, 2.45) is 5.92 Å². The largest absolute Gasteiger partial charge is 0.504 e. The zero-order chi connectivity index (χ0) is 15.1. The lowest BCUT2D eigenvalue weighted by molar-refractivity contribution is -0.152. The number of aliphatic hydroxyl groups excluding tert-OH is 1. The number of carbonyl (C=O) groups is 1. The Hall–Kier alpha value is -1.75. The first-order valence-electron chi connectivity index (χ1n) is 6.85. The number of esters is 1. The van der Waals surface area contributed by atoms with Crippen LogP contribution in [0.4, 0.5) is 0 Å². The normalized spacial score (nSPS) is 13.6. The highest BCUT2D eigenvalue weighted by atomic mass is 16.5. The molecule has 0 aromatic heterocycles. The van der Waals surface area contributed by atoms with E-state index in [0.717, 1.165) is 0 Å². The number of aromatic hydroxyl groups is 1. The highest BCUT2D eigenvalue weighted by Crippen LogP contribution is 2.33. The van der Waals surface area contributed by atoms with Crippen molar-refractivity contribution >= 4 is 5.97 Å². The second-order valence-electron chi connectivity index (χ2n) is 4.37. The van der Waals surface area contributed by atoms with Crippen LogP contribution in [0.3, 0.4) is 0 Å². The number of benzene rings is 1. The number of ether oxygens (including phenoxy) is 2. The molecule has 0 bridgehead atoms. The zero-order valence-electron chi connectivity index (χ0n) is 12.1. The topological polar surface area (TPSA) is 76.0 Å². The van der Waals surface area contributed by atoms with Crippen LogP contribution in [0, 0.1) is 5.92 Å². The molecule has 1 rings (SSSR count). The summed E-state index contributed by atoms with van der Waals surface area (Å²) in [5.74, 6) is -0.753. The first-order chi connectivity index (χ1) is 9.54. The van der Waals surface area contributed by atoms with Gasteiger partial charge in [0.2, 0.25) is 0 Å². The Labute approximate surface area is 119 Å². The number of hydrogen-bond donors (Lipinski definition) is 2. The van der Waals surface area contributed by atoms with Gasteiger partial charge >= 0.3 is 5.97 Å². The molecule has 5 heteroatoms. The molecule has 0 aliphatic rings. The van der Waals surface area contributed by atoms with Gasteiger partial charge < -0.3 is 19.7 Å². The van der Waals surface area contributed by atoms with Gasteiger partial charge in [-0.05, 0) is 38.0 Å². The minimum Gasteiger partial charge on any atom is -0.504 e. The predicted octanol–water partition coefficient (Wildman–Crippen LogP) is 2.41. The molecule has 0 radical (unpaired) electrons. The maximum absolute atomic E-state index is 11.8. The lowest BCUT2D eigenvalue weighted by Crippen LogP contribution is -2.24. The van der Waals surface area contributed by atoms with Crippen molar-refractivity contribution in [1.29, 1.82) is 0 Å². The van der Waals surface area contributed by atoms with Gasteiger partial charge in [0.25, 0.3) is 0 Å². The molecule has 0 aliphatic heterocycles. The summed E-state index contributed by atoms with van der Waals surface area (Å²) in [7, 11) is 0. The van der Waals surface area contributed by atoms with Crippen molar-refractivity contribution in [3.8, 4) is 11.5 Å². The predicted molar refractivity (Wildman–Crippen MR) is 74.6 cm³/mol. The summed E-state index contributed by atoms with van der Waals surface area (Å²) in [5.41, 5.74) is 0.520. The Morgan fingerprint density at radius 1 is 1.25 bits per heavy atom. The van der Waals surface area contributed by atoms with Crippen molar-refractivity contribution in [3.63, 3.8) is 0 Å². The van der Waals surface area contributed by atoms with Crippen LogP contribution in [0.25, 0.3) is 0 Å². The van der Waals surface area contributed by atoms with Crippen LogP contribution in [0.1, 0.15) is 38.9 Å². The van der Waals surface area contributed by atoms with E-state index in [0.29, 0.717) is 24.3 Å². The Kier molecular flexibility index (Phi) is 6.31. The lowest BCUT2D eigenvalue weighted by Gasteiger charge is -2.21. The number of rotatable bonds is 7. The molecule has 0 heterocycles. The fraction of sp³-hybridized carbons (Fsp3) is 0.533. The smallest absolute Gasteiger partial charge is 0.311 e. The van der Waals surface area contributed by atoms with Crippen molar-refractivity contribution in [1.82, 2.24) is 0 Å². The molecule has 1 aromatic carbocycles. The molecule has 2 atom stereocenters. The fourth-order valence-corrected chi connectivity index (χ4v) is 1.99. The number of phenolic OH excluding ortho intramolecular Hbond substituents is 1. The number of carbonyl (C=O) groups excluding carboxylic acids is 1. The SMILES string of the molecule is CCOC(=O)C(CC)C(O)c1ccc(O)c(OCC)c1. The molecular formula is C15H22O5. The molecule has 0 saturated heterocycles. The minimum atomic E-state index is -0.987. The maximum Gasteiger partial charge on any atom is 0.311 e. The highest BCUT2D eigenvalue weighted by Gasteiger charge is 2.28. The molecule has 2 N–H and O–H groups in total. The minimum absolute atomic E-state index is 0.00647. The van der Waals surface area contributed by atoms with Gasteiger partial charge in [-0.3, -0.25) is 4.79 Å². The standard InChI is InChI=1S/C15H22O5/c1-4-11(15(18)20-6-3)14(17)10-7-8-12(16)13(9-10)19-5-2/h7-9,11,14,16-17H,4-6H2,1-3H3. The first-order valence-corrected chi connectivity index (χ1v) is 6.85. The summed E-state index contributed by atoms with van der Waals surface area (Å²) >= 11 is 0. The van der Waals surface area contributed by atoms with Gasteiger partial charge in [0.05, 0.1) is 25.2 Å². The fourth-order valence-electron chi connectivity index (χ4n) is 1.99. The van der Waals surface area contributed by atoms with Crippen molar-refractivity contribution in [2.45, 2.75) is 33.3 Å². The second-order valence-corrected chi connectivity index (χ2v) is 4.37. The van der Waals surface area contributed by atoms with E-state index in [2.05, 4.69) is 0 Å². The molecule has 0 fully saturated rings. The van der Waals surface area contributed by atoms with Crippen LogP contribution in [0.2, 0.25) is 0 Å². The van der Waals surface area contributed by atoms with Crippen LogP contribution in [-0.2, 0) is 9.53 Å². The third-order valence-corrected chi connectivity index (χ3v) is 3.04. The second kappa shape index (κ2) is 7.75. The van der Waals surface area contributed by atoms with Gasteiger partial charge in [-0.25, -0.2) is 0 Å². The van der Waals surface area contributed by atoms with E-state index < -0.39 is 18.0 Å². The molecule has 0 aliphatic carbocycles. The monoisotopic (exact) mass is 282 g/mol. The number of hydrogen-bond acceptors (Lipinski definition) is 5. The molecule has 0 spiro atoms. The van der Waals surface area contributed by atoms with E-state index >= 15 is 0 Å². The summed E-state index contributed by atoms with van der Waals surface area (Å²) in [6, 6.07) is 4.57. The molecule has 20 heavy (non-hydrogen) atoms. The van der Waals surface area contributed by atoms with Crippen molar-refractivity contribution in [3.05, 3.63) is 23.8 Å². The van der Waals surface area contributed by atoms with Gasteiger partial charge in [0.15, 0.2) is 11.5 Å². The maximum atomic E-state index is 11.8. The Morgan fingerprint density at radius 3 is 2.50 bits per heavy atom. The van der Waals surface area contributed by atoms with Crippen molar-refractivity contribution in [2.75, 3.05) is 13.2 Å². The van der Waals surface area contributed by atoms with Crippen LogP contribution in [0.15, 0.2) is 18.2 Å². The first kappa shape index (κ1) is 16.3. The van der Waals surface area contributed by atoms with Crippen LogP contribution in [-0.4, -0.2) is 29.4 Å². The summed E-state index contributed by atoms with van der Waals surface area (Å²) in [5, 5.41) is 20.0. The van der Waals surface area contributed by atoms with Crippen LogP contribution in [0.5, 0.6) is 11.5 Å². The quantitative estimate of drug-likeness (QED) is 0.751. The van der Waals surface area contributed by atoms with Crippen LogP contribution < -0.4 is 4.74 Å². The van der Waals surface area contributed by atoms with Gasteiger partial charge in [-0.1, -0.05) is 13.0 Å². The summed E-state index contributed by atoms with van der Waals surface area (Å²) in [6.45, 7) is 6.03. The number of phenols is 1. The Balaban J connectivity index is 2.97. The molecule has 2 unspecified atom stereocenters. The van der Waals surface area contributed by atoms with Gasteiger partial charge in [0.1, 0.15) is 0 Å². The summed E-state index contributed by atoms with van der Waals surface area (Å²) in [6.07, 6.45) is -0.524. The average Bonchev–Trinajstić information content (AvgIpc) is 2.42. The average molecular weight is 282 g/mol. The third kappa shape index (κ3) is 3.87. The van der Waals surface area contributed by atoms with E-state index in [-0.39, 0.29) is 12.4 Å². The van der Waals surface area contributed by atoms with E-state index in [1.165, 1.54) is 6.07 Å². The van der Waals surface area contributed by atoms with E-state index in [4.69, 9.17) is 9.47 Å². The molecular weight excluding hydrogens is 260 g/mol. The molecule has 0 amide bonds. The number of aliphatic hydroxyl groups is 1.